The normalized spacial score (nSPS) is 10.5. The number of aromatic nitrogens is 4. The second-order valence-corrected chi connectivity index (χ2v) is 4.31. The SMILES string of the molecule is CSc1c(N)nsc1NCc1ncn[nH]1. The number of nitrogens with zero attached hydrogens (tertiary/aromatic N) is 3. The maximum atomic E-state index is 5.70. The summed E-state index contributed by atoms with van der Waals surface area (Å²) < 4.78 is 4.08. The highest BCUT2D eigenvalue weighted by atomic mass is 32.2. The molecule has 8 heteroatoms. The fourth-order valence-corrected chi connectivity index (χ4v) is 2.62. The molecule has 0 radical (unpaired) electrons. The second-order valence-electron chi connectivity index (χ2n) is 2.72. The van der Waals surface area contributed by atoms with Crippen molar-refractivity contribution in [2.24, 2.45) is 0 Å². The minimum atomic E-state index is 0.576. The van der Waals surface area contributed by atoms with E-state index >= 15 is 0 Å². The molecule has 0 aromatic carbocycles. The van der Waals surface area contributed by atoms with Crippen molar-refractivity contribution in [1.29, 1.82) is 0 Å². The van der Waals surface area contributed by atoms with Crippen LogP contribution in [0.4, 0.5) is 10.8 Å². The van der Waals surface area contributed by atoms with Gasteiger partial charge in [-0.3, -0.25) is 5.10 Å². The largest absolute Gasteiger partial charge is 0.382 e. The number of thioether (sulfide) groups is 1. The third kappa shape index (κ3) is 2.21. The van der Waals surface area contributed by atoms with E-state index in [0.717, 1.165) is 15.7 Å². The summed E-state index contributed by atoms with van der Waals surface area (Å²) in [6.07, 6.45) is 3.45. The Kier molecular flexibility index (Phi) is 3.07. The fraction of sp³-hybridized carbons (Fsp3) is 0.286. The Hall–Kier alpha value is -1.28. The van der Waals surface area contributed by atoms with Gasteiger partial charge >= 0.3 is 0 Å². The lowest BCUT2D eigenvalue weighted by Gasteiger charge is -2.02. The summed E-state index contributed by atoms with van der Waals surface area (Å²) in [6, 6.07) is 0. The maximum absolute atomic E-state index is 5.70. The molecule has 0 atom stereocenters. The molecule has 2 aromatic heterocycles. The highest BCUT2D eigenvalue weighted by Crippen LogP contribution is 2.34. The molecule has 0 amide bonds. The summed E-state index contributed by atoms with van der Waals surface area (Å²) in [5.41, 5.74) is 5.70. The minimum Gasteiger partial charge on any atom is -0.382 e. The number of nitrogens with two attached hydrogens (primary N) is 1. The van der Waals surface area contributed by atoms with E-state index in [1.807, 2.05) is 6.26 Å². The fourth-order valence-electron chi connectivity index (χ4n) is 1.08. The number of H-pyrrole nitrogens is 1. The number of aromatic amines is 1. The lowest BCUT2D eigenvalue weighted by atomic mass is 10.5. The molecule has 0 aliphatic carbocycles. The molecule has 0 saturated carbocycles. The minimum absolute atomic E-state index is 0.576. The first-order valence-corrected chi connectivity index (χ1v) is 6.18. The second kappa shape index (κ2) is 4.49. The molecule has 4 N–H and O–H groups in total. The standard InChI is InChI=1S/C7H10N6S2/c1-14-5-6(8)13-15-7(5)9-2-4-10-3-11-12-4/h3,9H,2H2,1H3,(H2,8,13)(H,10,11,12). The van der Waals surface area contributed by atoms with Gasteiger partial charge in [-0.05, 0) is 17.8 Å². The topological polar surface area (TPSA) is 92.5 Å². The maximum Gasteiger partial charge on any atom is 0.153 e. The first-order chi connectivity index (χ1) is 7.31. The van der Waals surface area contributed by atoms with Crippen LogP contribution in [0.2, 0.25) is 0 Å². The van der Waals surface area contributed by atoms with Crippen molar-refractivity contribution in [3.05, 3.63) is 12.2 Å². The molecular formula is C7H10N6S2. The summed E-state index contributed by atoms with van der Waals surface area (Å²) in [4.78, 5) is 5.00. The number of hydrogen-bond acceptors (Lipinski definition) is 7. The Morgan fingerprint density at radius 2 is 2.53 bits per heavy atom. The van der Waals surface area contributed by atoms with Crippen LogP contribution in [0.25, 0.3) is 0 Å². The Bertz CT molecular complexity index is 423. The molecule has 15 heavy (non-hydrogen) atoms. The van der Waals surface area contributed by atoms with Crippen LogP contribution in [0.5, 0.6) is 0 Å². The average Bonchev–Trinajstić information content (AvgIpc) is 2.84. The number of anilines is 2. The first-order valence-electron chi connectivity index (χ1n) is 4.18. The van der Waals surface area contributed by atoms with Gasteiger partial charge in [-0.2, -0.15) is 9.47 Å². The molecule has 2 heterocycles. The van der Waals surface area contributed by atoms with Crippen LogP contribution in [0.15, 0.2) is 11.2 Å². The molecule has 0 fully saturated rings. The molecular weight excluding hydrogens is 232 g/mol. The van der Waals surface area contributed by atoms with E-state index in [1.165, 1.54) is 17.9 Å². The molecule has 0 bridgehead atoms. The van der Waals surface area contributed by atoms with Crippen LogP contribution in [0, 0.1) is 0 Å². The van der Waals surface area contributed by atoms with Gasteiger partial charge in [0.25, 0.3) is 0 Å². The third-order valence-electron chi connectivity index (χ3n) is 1.76. The molecule has 80 valence electrons. The van der Waals surface area contributed by atoms with E-state index in [9.17, 15) is 0 Å². The molecule has 2 rings (SSSR count). The smallest absolute Gasteiger partial charge is 0.153 e. The van der Waals surface area contributed by atoms with E-state index in [-0.39, 0.29) is 0 Å². The zero-order valence-corrected chi connectivity index (χ0v) is 9.65. The summed E-state index contributed by atoms with van der Waals surface area (Å²) in [6.45, 7) is 0.592. The van der Waals surface area contributed by atoms with Gasteiger partial charge in [-0.15, -0.1) is 11.8 Å². The van der Waals surface area contributed by atoms with Crippen LogP contribution in [-0.2, 0) is 6.54 Å². The third-order valence-corrected chi connectivity index (χ3v) is 3.53. The quantitative estimate of drug-likeness (QED) is 0.697. The Balaban J connectivity index is 2.05. The molecule has 0 unspecified atom stereocenters. The van der Waals surface area contributed by atoms with Crippen LogP contribution >= 0.6 is 23.3 Å². The summed E-state index contributed by atoms with van der Waals surface area (Å²) in [5, 5.41) is 10.7. The zero-order valence-electron chi connectivity index (χ0n) is 8.02. The van der Waals surface area contributed by atoms with Gasteiger partial charge in [0.15, 0.2) is 5.82 Å². The van der Waals surface area contributed by atoms with E-state index < -0.39 is 0 Å². The number of nitrogen functional groups attached to an aromatic ring is 1. The lowest BCUT2D eigenvalue weighted by molar-refractivity contribution is 0.955. The molecule has 6 nitrogen and oxygen atoms in total. The van der Waals surface area contributed by atoms with Gasteiger partial charge in [0, 0.05) is 0 Å². The van der Waals surface area contributed by atoms with E-state index in [2.05, 4.69) is 24.9 Å². The molecule has 0 aliphatic heterocycles. The van der Waals surface area contributed by atoms with Crippen molar-refractivity contribution < 1.29 is 0 Å². The van der Waals surface area contributed by atoms with E-state index in [1.54, 1.807) is 11.8 Å². The number of nitrogens with one attached hydrogen (secondary N) is 2. The summed E-state index contributed by atoms with van der Waals surface area (Å²) >= 11 is 2.93. The Morgan fingerprint density at radius 3 is 3.20 bits per heavy atom. The molecule has 0 spiro atoms. The number of rotatable bonds is 4. The highest BCUT2D eigenvalue weighted by Gasteiger charge is 2.10. The van der Waals surface area contributed by atoms with Crippen molar-refractivity contribution >= 4 is 34.1 Å². The lowest BCUT2D eigenvalue weighted by Crippen LogP contribution is -2.00. The van der Waals surface area contributed by atoms with Crippen molar-refractivity contribution in [2.45, 2.75) is 11.4 Å². The van der Waals surface area contributed by atoms with Gasteiger partial charge in [0.2, 0.25) is 0 Å². The Labute approximate surface area is 94.8 Å². The molecule has 2 aromatic rings. The predicted octanol–water partition coefficient (Wildman–Crippen LogP) is 1.18. The molecule has 0 aliphatic rings. The van der Waals surface area contributed by atoms with E-state index in [0.29, 0.717) is 12.4 Å². The van der Waals surface area contributed by atoms with Crippen molar-refractivity contribution in [2.75, 3.05) is 17.3 Å². The summed E-state index contributed by atoms with van der Waals surface area (Å²) in [5.74, 6) is 1.36. The summed E-state index contributed by atoms with van der Waals surface area (Å²) in [7, 11) is 0. The van der Waals surface area contributed by atoms with Crippen molar-refractivity contribution in [3.63, 3.8) is 0 Å². The molecule has 0 saturated heterocycles. The van der Waals surface area contributed by atoms with Crippen LogP contribution in [0.1, 0.15) is 5.82 Å². The van der Waals surface area contributed by atoms with Gasteiger partial charge in [-0.1, -0.05) is 0 Å². The van der Waals surface area contributed by atoms with Crippen LogP contribution in [-0.4, -0.2) is 25.8 Å². The number of hydrogen-bond donors (Lipinski definition) is 3. The highest BCUT2D eigenvalue weighted by molar-refractivity contribution is 7.99. The van der Waals surface area contributed by atoms with Gasteiger partial charge in [-0.25, -0.2) is 4.98 Å². The monoisotopic (exact) mass is 242 g/mol. The van der Waals surface area contributed by atoms with Gasteiger partial charge < -0.3 is 11.1 Å². The first kappa shape index (κ1) is 10.2. The van der Waals surface area contributed by atoms with Crippen molar-refractivity contribution in [3.8, 4) is 0 Å². The zero-order chi connectivity index (χ0) is 10.7. The Morgan fingerprint density at radius 1 is 1.67 bits per heavy atom. The van der Waals surface area contributed by atoms with Crippen LogP contribution < -0.4 is 11.1 Å². The van der Waals surface area contributed by atoms with Crippen LogP contribution in [0.3, 0.4) is 0 Å². The van der Waals surface area contributed by atoms with Gasteiger partial charge in [0.05, 0.1) is 11.4 Å². The predicted molar refractivity (Wildman–Crippen MR) is 62.0 cm³/mol. The van der Waals surface area contributed by atoms with Crippen molar-refractivity contribution in [1.82, 2.24) is 19.6 Å². The average molecular weight is 242 g/mol. The van der Waals surface area contributed by atoms with Gasteiger partial charge in [0.1, 0.15) is 17.2 Å². The van der Waals surface area contributed by atoms with E-state index in [4.69, 9.17) is 5.73 Å².